The van der Waals surface area contributed by atoms with E-state index >= 15 is 0 Å². The zero-order chi connectivity index (χ0) is 25.7. The van der Waals surface area contributed by atoms with Gasteiger partial charge >= 0.3 is 5.97 Å². The Kier molecular flexibility index (Phi) is 8.60. The third-order valence-electron chi connectivity index (χ3n) is 5.01. The van der Waals surface area contributed by atoms with Crippen LogP contribution in [-0.4, -0.2) is 27.6 Å². The number of hydrogen-bond acceptors (Lipinski definition) is 3. The summed E-state index contributed by atoms with van der Waals surface area (Å²) in [6, 6.07) is 15.8. The number of benzene rings is 2. The second kappa shape index (κ2) is 10.8. The molecule has 1 atom stereocenters. The van der Waals surface area contributed by atoms with Gasteiger partial charge in [0.1, 0.15) is 11.5 Å². The lowest BCUT2D eigenvalue weighted by Crippen LogP contribution is -2.34. The normalized spacial score (nSPS) is 14.9. The quantitative estimate of drug-likeness (QED) is 0.497. The molecule has 0 fully saturated rings. The SMILES string of the molecule is C=C1N=C(c2ccccc2)C(=O)N1C(CCC(C)(C)C)c1ccc(C(=O)O)cc1.CC(C)(C)C. The Morgan fingerprint density at radius 3 is 1.97 bits per heavy atom. The predicted octanol–water partition coefficient (Wildman–Crippen LogP) is 7.11. The first-order valence-corrected chi connectivity index (χ1v) is 11.7. The molecule has 5 nitrogen and oxygen atoms in total. The van der Waals surface area contributed by atoms with Gasteiger partial charge in [-0.15, -0.1) is 0 Å². The van der Waals surface area contributed by atoms with E-state index in [-0.39, 0.29) is 22.9 Å². The lowest BCUT2D eigenvalue weighted by atomic mass is 9.86. The van der Waals surface area contributed by atoms with E-state index in [0.29, 0.717) is 16.9 Å². The van der Waals surface area contributed by atoms with Crippen molar-refractivity contribution >= 4 is 17.6 Å². The van der Waals surface area contributed by atoms with Gasteiger partial charge in [0.2, 0.25) is 0 Å². The molecule has 182 valence electrons. The number of hydrogen-bond donors (Lipinski definition) is 1. The van der Waals surface area contributed by atoms with Crippen LogP contribution in [0.3, 0.4) is 0 Å². The number of carboxylic acid groups (broad SMARTS) is 1. The number of carboxylic acids is 1. The monoisotopic (exact) mass is 462 g/mol. The molecule has 0 bridgehead atoms. The smallest absolute Gasteiger partial charge is 0.335 e. The maximum atomic E-state index is 13.3. The number of carbonyl (C=O) groups excluding carboxylic acids is 1. The molecule has 2 aromatic carbocycles. The summed E-state index contributed by atoms with van der Waals surface area (Å²) in [5, 5.41) is 9.18. The number of aromatic carboxylic acids is 1. The van der Waals surface area contributed by atoms with Gasteiger partial charge in [0, 0.05) is 5.56 Å². The maximum absolute atomic E-state index is 13.3. The van der Waals surface area contributed by atoms with Gasteiger partial charge in [0.05, 0.1) is 11.6 Å². The highest BCUT2D eigenvalue weighted by Gasteiger charge is 2.36. The molecular formula is C29H38N2O3. The molecule has 1 unspecified atom stereocenters. The van der Waals surface area contributed by atoms with Crippen molar-refractivity contribution in [2.24, 2.45) is 15.8 Å². The first-order valence-electron chi connectivity index (χ1n) is 11.7. The zero-order valence-corrected chi connectivity index (χ0v) is 21.6. The summed E-state index contributed by atoms with van der Waals surface area (Å²) in [4.78, 5) is 30.6. The fourth-order valence-electron chi connectivity index (χ4n) is 3.43. The van der Waals surface area contributed by atoms with Gasteiger partial charge in [-0.1, -0.05) is 97.5 Å². The lowest BCUT2D eigenvalue weighted by Gasteiger charge is -2.31. The van der Waals surface area contributed by atoms with E-state index in [9.17, 15) is 14.7 Å². The summed E-state index contributed by atoms with van der Waals surface area (Å²) in [6.07, 6.45) is 1.61. The van der Waals surface area contributed by atoms with Gasteiger partial charge in [-0.2, -0.15) is 0 Å². The molecule has 1 amide bonds. The van der Waals surface area contributed by atoms with Gasteiger partial charge in [-0.25, -0.2) is 9.79 Å². The van der Waals surface area contributed by atoms with E-state index < -0.39 is 5.97 Å². The third-order valence-corrected chi connectivity index (χ3v) is 5.01. The van der Waals surface area contributed by atoms with Gasteiger partial charge in [0.15, 0.2) is 0 Å². The molecule has 0 saturated heterocycles. The van der Waals surface area contributed by atoms with Crippen LogP contribution in [0.2, 0.25) is 0 Å². The molecule has 2 aromatic rings. The average Bonchev–Trinajstić information content (AvgIpc) is 3.02. The number of amides is 1. The molecular weight excluding hydrogens is 424 g/mol. The van der Waals surface area contributed by atoms with E-state index in [1.165, 1.54) is 0 Å². The Morgan fingerprint density at radius 1 is 0.971 bits per heavy atom. The molecule has 5 heteroatoms. The Labute approximate surface area is 204 Å². The number of rotatable bonds is 6. The molecule has 3 rings (SSSR count). The summed E-state index contributed by atoms with van der Waals surface area (Å²) in [5.74, 6) is -0.739. The van der Waals surface area contributed by atoms with Gasteiger partial charge in [-0.05, 0) is 41.4 Å². The van der Waals surface area contributed by atoms with Crippen LogP contribution in [0.5, 0.6) is 0 Å². The van der Waals surface area contributed by atoms with Crippen LogP contribution in [0.15, 0.2) is 72.0 Å². The average molecular weight is 463 g/mol. The molecule has 0 radical (unpaired) electrons. The van der Waals surface area contributed by atoms with Crippen molar-refractivity contribution in [3.8, 4) is 0 Å². The highest BCUT2D eigenvalue weighted by atomic mass is 16.4. The summed E-state index contributed by atoms with van der Waals surface area (Å²) in [7, 11) is 0. The van der Waals surface area contributed by atoms with Crippen LogP contribution in [0.1, 0.15) is 88.8 Å². The fourth-order valence-corrected chi connectivity index (χ4v) is 3.43. The fraction of sp³-hybridized carbons (Fsp3) is 0.414. The molecule has 0 aromatic heterocycles. The van der Waals surface area contributed by atoms with Crippen molar-refractivity contribution in [3.63, 3.8) is 0 Å². The van der Waals surface area contributed by atoms with Gasteiger partial charge in [-0.3, -0.25) is 9.69 Å². The van der Waals surface area contributed by atoms with Crippen molar-refractivity contribution in [2.75, 3.05) is 0 Å². The van der Waals surface area contributed by atoms with Crippen LogP contribution < -0.4 is 0 Å². The summed E-state index contributed by atoms with van der Waals surface area (Å²) >= 11 is 0. The molecule has 0 aliphatic carbocycles. The molecule has 0 spiro atoms. The lowest BCUT2D eigenvalue weighted by molar-refractivity contribution is -0.123. The predicted molar refractivity (Wildman–Crippen MR) is 139 cm³/mol. The number of nitrogens with zero attached hydrogens (tertiary/aromatic N) is 2. The standard InChI is InChI=1S/C24H26N2O3.C5H12/c1-16-25-21(18-8-6-5-7-9-18)22(27)26(16)20(14-15-24(2,3)4)17-10-12-19(13-11-17)23(28)29;1-5(2,3)4/h5-13,20H,1,14-15H2,2-4H3,(H,28,29);1-4H3. The van der Waals surface area contributed by atoms with Crippen LogP contribution in [0.25, 0.3) is 0 Å². The minimum absolute atomic E-state index is 0.0898. The van der Waals surface area contributed by atoms with Gasteiger partial charge in [0.25, 0.3) is 5.91 Å². The Morgan fingerprint density at radius 2 is 1.50 bits per heavy atom. The highest BCUT2D eigenvalue weighted by Crippen LogP contribution is 2.36. The first kappa shape index (κ1) is 27.0. The topological polar surface area (TPSA) is 70.0 Å². The van der Waals surface area contributed by atoms with Crippen LogP contribution in [0.4, 0.5) is 0 Å². The third kappa shape index (κ3) is 7.98. The van der Waals surface area contributed by atoms with E-state index in [1.807, 2.05) is 30.3 Å². The van der Waals surface area contributed by atoms with Crippen LogP contribution in [0, 0.1) is 10.8 Å². The van der Waals surface area contributed by atoms with Crippen molar-refractivity contribution < 1.29 is 14.7 Å². The first-order chi connectivity index (χ1) is 15.7. The summed E-state index contributed by atoms with van der Waals surface area (Å²) in [5.41, 5.74) is 2.83. The molecule has 34 heavy (non-hydrogen) atoms. The molecule has 1 aliphatic heterocycles. The summed E-state index contributed by atoms with van der Waals surface area (Å²) < 4.78 is 0. The maximum Gasteiger partial charge on any atom is 0.335 e. The van der Waals surface area contributed by atoms with E-state index in [1.54, 1.807) is 29.2 Å². The largest absolute Gasteiger partial charge is 0.478 e. The Balaban J connectivity index is 0.000000739. The minimum atomic E-state index is -0.973. The second-order valence-electron chi connectivity index (χ2n) is 11.5. The van der Waals surface area contributed by atoms with Crippen molar-refractivity contribution in [1.29, 1.82) is 0 Å². The van der Waals surface area contributed by atoms with Crippen molar-refractivity contribution in [3.05, 3.63) is 83.7 Å². The Hall–Kier alpha value is -3.21. The number of aliphatic imine (C=N–C) groups is 1. The second-order valence-corrected chi connectivity index (χ2v) is 11.5. The van der Waals surface area contributed by atoms with Crippen LogP contribution in [-0.2, 0) is 4.79 Å². The molecule has 1 aliphatic rings. The molecule has 1 N–H and O–H groups in total. The zero-order valence-electron chi connectivity index (χ0n) is 21.6. The minimum Gasteiger partial charge on any atom is -0.478 e. The van der Waals surface area contributed by atoms with E-state index in [2.05, 4.69) is 60.0 Å². The molecule has 0 saturated carbocycles. The van der Waals surface area contributed by atoms with Gasteiger partial charge < -0.3 is 5.11 Å². The number of carbonyl (C=O) groups is 2. The van der Waals surface area contributed by atoms with Crippen LogP contribution >= 0.6 is 0 Å². The van der Waals surface area contributed by atoms with E-state index in [4.69, 9.17) is 0 Å². The summed E-state index contributed by atoms with van der Waals surface area (Å²) in [6.45, 7) is 19.2. The highest BCUT2D eigenvalue weighted by molar-refractivity contribution is 6.47. The van der Waals surface area contributed by atoms with E-state index in [0.717, 1.165) is 24.0 Å². The molecule has 1 heterocycles. The Bertz CT molecular complexity index is 1030. The van der Waals surface area contributed by atoms with Crippen molar-refractivity contribution in [1.82, 2.24) is 4.90 Å². The van der Waals surface area contributed by atoms with Crippen molar-refractivity contribution in [2.45, 2.75) is 67.3 Å².